The molecule has 0 atom stereocenters. The van der Waals surface area contributed by atoms with Crippen molar-refractivity contribution in [3.63, 3.8) is 0 Å². The largest absolute Gasteiger partial charge is 0.464 e. The van der Waals surface area contributed by atoms with Gasteiger partial charge in [0.1, 0.15) is 0 Å². The van der Waals surface area contributed by atoms with Gasteiger partial charge in [-0.25, -0.2) is 4.79 Å². The van der Waals surface area contributed by atoms with Crippen molar-refractivity contribution in [1.82, 2.24) is 10.2 Å². The molecule has 0 aliphatic heterocycles. The van der Waals surface area contributed by atoms with Crippen LogP contribution in [0.25, 0.3) is 0 Å². The van der Waals surface area contributed by atoms with Crippen molar-refractivity contribution < 1.29 is 9.53 Å². The summed E-state index contributed by atoms with van der Waals surface area (Å²) in [5, 5.41) is 8.02. The summed E-state index contributed by atoms with van der Waals surface area (Å²) >= 11 is 0. The molecule has 1 aliphatic carbocycles. The van der Waals surface area contributed by atoms with Crippen LogP contribution >= 0.6 is 0 Å². The fraction of sp³-hybridized carbons (Fsp3) is 0.583. The van der Waals surface area contributed by atoms with Gasteiger partial charge in [-0.05, 0) is 25.0 Å². The van der Waals surface area contributed by atoms with E-state index in [0.29, 0.717) is 5.92 Å². The SMILES string of the molecule is COC(=O)c1ccc(C2CCCCC2)nn1. The molecule has 0 bridgehead atoms. The van der Waals surface area contributed by atoms with Crippen molar-refractivity contribution in [3.05, 3.63) is 23.5 Å². The standard InChI is InChI=1S/C12H16N2O2/c1-16-12(15)11-8-7-10(13-14-11)9-5-3-2-4-6-9/h7-9H,2-6H2,1H3. The van der Waals surface area contributed by atoms with Gasteiger partial charge in [-0.3, -0.25) is 0 Å². The van der Waals surface area contributed by atoms with Crippen LogP contribution in [-0.2, 0) is 4.74 Å². The number of nitrogens with zero attached hydrogens (tertiary/aromatic N) is 2. The van der Waals surface area contributed by atoms with E-state index in [4.69, 9.17) is 0 Å². The average molecular weight is 220 g/mol. The number of hydrogen-bond donors (Lipinski definition) is 0. The lowest BCUT2D eigenvalue weighted by molar-refractivity contribution is 0.0592. The van der Waals surface area contributed by atoms with Gasteiger partial charge in [-0.15, -0.1) is 5.10 Å². The third kappa shape index (κ3) is 2.38. The zero-order valence-electron chi connectivity index (χ0n) is 9.48. The molecule has 4 heteroatoms. The number of carbonyl (C=O) groups is 1. The van der Waals surface area contributed by atoms with Crippen LogP contribution in [0.15, 0.2) is 12.1 Å². The highest BCUT2D eigenvalue weighted by Crippen LogP contribution is 2.30. The topological polar surface area (TPSA) is 52.1 Å². The number of ether oxygens (including phenoxy) is 1. The van der Waals surface area contributed by atoms with E-state index in [1.54, 1.807) is 6.07 Å². The Morgan fingerprint density at radius 2 is 2.00 bits per heavy atom. The van der Waals surface area contributed by atoms with Crippen molar-refractivity contribution >= 4 is 5.97 Å². The van der Waals surface area contributed by atoms with Gasteiger partial charge in [0.15, 0.2) is 5.69 Å². The first-order chi connectivity index (χ1) is 7.81. The minimum atomic E-state index is -0.428. The molecule has 0 radical (unpaired) electrons. The number of carbonyl (C=O) groups excluding carboxylic acids is 1. The summed E-state index contributed by atoms with van der Waals surface area (Å²) in [5.41, 5.74) is 1.29. The van der Waals surface area contributed by atoms with Crippen molar-refractivity contribution in [2.24, 2.45) is 0 Å². The quantitative estimate of drug-likeness (QED) is 0.718. The maximum atomic E-state index is 11.2. The molecule has 4 nitrogen and oxygen atoms in total. The Morgan fingerprint density at radius 3 is 2.56 bits per heavy atom. The Hall–Kier alpha value is -1.45. The number of methoxy groups -OCH3 is 1. The van der Waals surface area contributed by atoms with E-state index in [0.717, 1.165) is 5.69 Å². The Labute approximate surface area is 95.0 Å². The van der Waals surface area contributed by atoms with Crippen LogP contribution in [0.4, 0.5) is 0 Å². The number of esters is 1. The fourth-order valence-corrected chi connectivity index (χ4v) is 2.17. The van der Waals surface area contributed by atoms with Gasteiger partial charge in [0.25, 0.3) is 0 Å². The van der Waals surface area contributed by atoms with Crippen LogP contribution in [0.5, 0.6) is 0 Å². The van der Waals surface area contributed by atoms with E-state index in [1.165, 1.54) is 39.2 Å². The summed E-state index contributed by atoms with van der Waals surface area (Å²) in [4.78, 5) is 11.2. The summed E-state index contributed by atoms with van der Waals surface area (Å²) < 4.78 is 4.58. The van der Waals surface area contributed by atoms with Crippen LogP contribution in [0.3, 0.4) is 0 Å². The van der Waals surface area contributed by atoms with Crippen molar-refractivity contribution in [2.75, 3.05) is 7.11 Å². The molecule has 1 heterocycles. The molecule has 1 aromatic rings. The Bertz CT molecular complexity index is 356. The fourth-order valence-electron chi connectivity index (χ4n) is 2.17. The van der Waals surface area contributed by atoms with E-state index in [-0.39, 0.29) is 5.69 Å². The minimum Gasteiger partial charge on any atom is -0.464 e. The lowest BCUT2D eigenvalue weighted by atomic mass is 9.87. The highest BCUT2D eigenvalue weighted by Gasteiger charge is 2.17. The van der Waals surface area contributed by atoms with E-state index in [2.05, 4.69) is 14.9 Å². The van der Waals surface area contributed by atoms with Gasteiger partial charge >= 0.3 is 5.97 Å². The van der Waals surface area contributed by atoms with E-state index >= 15 is 0 Å². The van der Waals surface area contributed by atoms with Crippen molar-refractivity contribution in [2.45, 2.75) is 38.0 Å². The summed E-state index contributed by atoms with van der Waals surface area (Å²) in [7, 11) is 1.35. The molecular formula is C12H16N2O2. The Kier molecular flexibility index (Phi) is 3.49. The maximum absolute atomic E-state index is 11.2. The molecule has 1 aromatic heterocycles. The smallest absolute Gasteiger partial charge is 0.358 e. The van der Waals surface area contributed by atoms with Gasteiger partial charge in [0.05, 0.1) is 12.8 Å². The van der Waals surface area contributed by atoms with E-state index in [1.807, 2.05) is 6.07 Å². The highest BCUT2D eigenvalue weighted by molar-refractivity contribution is 5.86. The predicted molar refractivity (Wildman–Crippen MR) is 59.2 cm³/mol. The van der Waals surface area contributed by atoms with Crippen LogP contribution in [-0.4, -0.2) is 23.3 Å². The molecule has 0 N–H and O–H groups in total. The molecule has 1 aliphatic rings. The maximum Gasteiger partial charge on any atom is 0.358 e. The zero-order chi connectivity index (χ0) is 11.4. The van der Waals surface area contributed by atoms with Crippen LogP contribution in [0, 0.1) is 0 Å². The first-order valence-corrected chi connectivity index (χ1v) is 5.73. The number of aromatic nitrogens is 2. The second-order valence-electron chi connectivity index (χ2n) is 4.17. The number of rotatable bonds is 2. The Morgan fingerprint density at radius 1 is 1.25 bits per heavy atom. The molecule has 86 valence electrons. The first kappa shape index (κ1) is 11.0. The normalized spacial score (nSPS) is 17.1. The minimum absolute atomic E-state index is 0.280. The van der Waals surface area contributed by atoms with E-state index < -0.39 is 5.97 Å². The molecule has 1 fully saturated rings. The van der Waals surface area contributed by atoms with Gasteiger partial charge in [0, 0.05) is 5.92 Å². The van der Waals surface area contributed by atoms with Gasteiger partial charge in [0.2, 0.25) is 0 Å². The highest BCUT2D eigenvalue weighted by atomic mass is 16.5. The molecule has 2 rings (SSSR count). The summed E-state index contributed by atoms with van der Waals surface area (Å²) in [6.07, 6.45) is 6.23. The third-order valence-corrected chi connectivity index (χ3v) is 3.10. The number of hydrogen-bond acceptors (Lipinski definition) is 4. The van der Waals surface area contributed by atoms with E-state index in [9.17, 15) is 4.79 Å². The van der Waals surface area contributed by atoms with Gasteiger partial charge in [-0.1, -0.05) is 19.3 Å². The molecule has 0 unspecified atom stereocenters. The molecule has 0 saturated heterocycles. The third-order valence-electron chi connectivity index (χ3n) is 3.10. The lowest BCUT2D eigenvalue weighted by Crippen LogP contribution is -2.10. The zero-order valence-corrected chi connectivity index (χ0v) is 9.48. The molecular weight excluding hydrogens is 204 g/mol. The second kappa shape index (κ2) is 5.05. The molecule has 1 saturated carbocycles. The summed E-state index contributed by atoms with van der Waals surface area (Å²) in [5.74, 6) is 0.0932. The first-order valence-electron chi connectivity index (χ1n) is 5.73. The van der Waals surface area contributed by atoms with Gasteiger partial charge in [-0.2, -0.15) is 5.10 Å². The monoisotopic (exact) mass is 220 g/mol. The second-order valence-corrected chi connectivity index (χ2v) is 4.17. The van der Waals surface area contributed by atoms with Crippen LogP contribution in [0.2, 0.25) is 0 Å². The summed E-state index contributed by atoms with van der Waals surface area (Å²) in [6, 6.07) is 3.60. The van der Waals surface area contributed by atoms with Crippen molar-refractivity contribution in [3.8, 4) is 0 Å². The lowest BCUT2D eigenvalue weighted by Gasteiger charge is -2.20. The van der Waals surface area contributed by atoms with Crippen LogP contribution in [0.1, 0.15) is 54.2 Å². The van der Waals surface area contributed by atoms with Crippen LogP contribution < -0.4 is 0 Å². The van der Waals surface area contributed by atoms with Gasteiger partial charge < -0.3 is 4.74 Å². The summed E-state index contributed by atoms with van der Waals surface area (Å²) in [6.45, 7) is 0. The molecule has 16 heavy (non-hydrogen) atoms. The molecule has 0 aromatic carbocycles. The molecule has 0 amide bonds. The Balaban J connectivity index is 2.09. The van der Waals surface area contributed by atoms with Crippen molar-refractivity contribution in [1.29, 1.82) is 0 Å². The molecule has 0 spiro atoms. The average Bonchev–Trinajstić information content (AvgIpc) is 2.39. The predicted octanol–water partition coefficient (Wildman–Crippen LogP) is 2.31.